The minimum absolute atomic E-state index is 0.0867. The summed E-state index contributed by atoms with van der Waals surface area (Å²) in [6, 6.07) is 8.67. The van der Waals surface area contributed by atoms with Gasteiger partial charge in [-0.15, -0.1) is 0 Å². The lowest BCUT2D eigenvalue weighted by Crippen LogP contribution is -2.48. The Morgan fingerprint density at radius 1 is 1.30 bits per heavy atom. The van der Waals surface area contributed by atoms with Crippen LogP contribution in [0.4, 0.5) is 0 Å². The van der Waals surface area contributed by atoms with Crippen molar-refractivity contribution in [1.82, 2.24) is 4.90 Å². The molecular formula is C17H19NO5. The quantitative estimate of drug-likeness (QED) is 0.788. The molecule has 0 radical (unpaired) electrons. The zero-order chi connectivity index (χ0) is 16.4. The van der Waals surface area contributed by atoms with Gasteiger partial charge in [0, 0.05) is 12.8 Å². The molecule has 2 aliphatic rings. The number of esters is 2. The van der Waals surface area contributed by atoms with Gasteiger partial charge in [-0.2, -0.15) is 0 Å². The number of nitrogens with zero attached hydrogens (tertiary/aromatic N) is 1. The van der Waals surface area contributed by atoms with E-state index in [0.717, 1.165) is 0 Å². The molecule has 0 spiro atoms. The molecule has 2 atom stereocenters. The largest absolute Gasteiger partial charge is 0.464 e. The Balaban J connectivity index is 1.74. The van der Waals surface area contributed by atoms with Crippen molar-refractivity contribution in [2.75, 3.05) is 13.2 Å². The molecule has 0 bridgehead atoms. The summed E-state index contributed by atoms with van der Waals surface area (Å²) in [4.78, 5) is 38.1. The number of hydrogen-bond donors (Lipinski definition) is 0. The van der Waals surface area contributed by atoms with Crippen molar-refractivity contribution in [2.24, 2.45) is 0 Å². The lowest BCUT2D eigenvalue weighted by molar-refractivity contribution is -0.157. The molecule has 0 unspecified atom stereocenters. The molecule has 2 heterocycles. The van der Waals surface area contributed by atoms with Gasteiger partial charge < -0.3 is 14.4 Å². The Morgan fingerprint density at radius 2 is 2.04 bits per heavy atom. The molecule has 1 aromatic carbocycles. The van der Waals surface area contributed by atoms with Gasteiger partial charge in [-0.3, -0.25) is 4.79 Å². The minimum Gasteiger partial charge on any atom is -0.464 e. The van der Waals surface area contributed by atoms with Crippen LogP contribution in [0.25, 0.3) is 0 Å². The van der Waals surface area contributed by atoms with Gasteiger partial charge in [-0.1, -0.05) is 18.2 Å². The predicted octanol–water partition coefficient (Wildman–Crippen LogP) is 1.54. The summed E-state index contributed by atoms with van der Waals surface area (Å²) in [7, 11) is 0. The highest BCUT2D eigenvalue weighted by Crippen LogP contribution is 2.41. The number of fused-ring (bicyclic) bond motifs is 1. The minimum atomic E-state index is -0.964. The van der Waals surface area contributed by atoms with Gasteiger partial charge in [0.05, 0.1) is 18.7 Å². The van der Waals surface area contributed by atoms with Crippen LogP contribution < -0.4 is 0 Å². The molecule has 6 heteroatoms. The first-order valence-corrected chi connectivity index (χ1v) is 7.80. The first kappa shape index (κ1) is 15.5. The van der Waals surface area contributed by atoms with Crippen LogP contribution in [0.1, 0.15) is 36.5 Å². The molecule has 0 N–H and O–H groups in total. The summed E-state index contributed by atoms with van der Waals surface area (Å²) >= 11 is 0. The summed E-state index contributed by atoms with van der Waals surface area (Å²) in [5.41, 5.74) is -0.509. The van der Waals surface area contributed by atoms with Crippen LogP contribution in [-0.4, -0.2) is 47.5 Å². The average molecular weight is 317 g/mol. The van der Waals surface area contributed by atoms with E-state index in [4.69, 9.17) is 9.47 Å². The predicted molar refractivity (Wildman–Crippen MR) is 80.6 cm³/mol. The van der Waals surface area contributed by atoms with Gasteiger partial charge >= 0.3 is 11.9 Å². The van der Waals surface area contributed by atoms with E-state index in [1.165, 1.54) is 4.90 Å². The zero-order valence-corrected chi connectivity index (χ0v) is 13.0. The van der Waals surface area contributed by atoms with E-state index in [-0.39, 0.29) is 19.1 Å². The highest BCUT2D eigenvalue weighted by atomic mass is 16.6. The van der Waals surface area contributed by atoms with Gasteiger partial charge in [0.25, 0.3) is 0 Å². The SMILES string of the molecule is CCOC(=O)[C@@]12CCC(=O)N1C[C@H](OC(=O)c1ccccc1)C2. The second-order valence-corrected chi connectivity index (χ2v) is 5.85. The monoisotopic (exact) mass is 317 g/mol. The van der Waals surface area contributed by atoms with Gasteiger partial charge in [0.1, 0.15) is 11.6 Å². The molecule has 0 aliphatic carbocycles. The van der Waals surface area contributed by atoms with Crippen LogP contribution >= 0.6 is 0 Å². The molecule has 0 saturated carbocycles. The maximum atomic E-state index is 12.3. The maximum absolute atomic E-state index is 12.3. The number of benzene rings is 1. The molecular weight excluding hydrogens is 298 g/mol. The van der Waals surface area contributed by atoms with Crippen LogP contribution in [0.5, 0.6) is 0 Å². The van der Waals surface area contributed by atoms with Gasteiger partial charge in [-0.25, -0.2) is 9.59 Å². The highest BCUT2D eigenvalue weighted by Gasteiger charge is 2.58. The third-order valence-corrected chi connectivity index (χ3v) is 4.46. The molecule has 23 heavy (non-hydrogen) atoms. The van der Waals surface area contributed by atoms with Crippen LogP contribution in [0, 0.1) is 0 Å². The third-order valence-electron chi connectivity index (χ3n) is 4.46. The smallest absolute Gasteiger partial charge is 0.338 e. The fraction of sp³-hybridized carbons (Fsp3) is 0.471. The van der Waals surface area contributed by atoms with E-state index >= 15 is 0 Å². The van der Waals surface area contributed by atoms with Crippen molar-refractivity contribution >= 4 is 17.8 Å². The number of ether oxygens (including phenoxy) is 2. The summed E-state index contributed by atoms with van der Waals surface area (Å²) < 4.78 is 10.6. The Labute approximate surface area is 134 Å². The molecule has 122 valence electrons. The number of rotatable bonds is 4. The summed E-state index contributed by atoms with van der Waals surface area (Å²) in [5, 5.41) is 0. The van der Waals surface area contributed by atoms with Crippen LogP contribution in [0.2, 0.25) is 0 Å². The van der Waals surface area contributed by atoms with Crippen LogP contribution in [-0.2, 0) is 19.1 Å². The van der Waals surface area contributed by atoms with Gasteiger partial charge in [0.15, 0.2) is 0 Å². The van der Waals surface area contributed by atoms with Crippen molar-refractivity contribution in [3.63, 3.8) is 0 Å². The second-order valence-electron chi connectivity index (χ2n) is 5.85. The topological polar surface area (TPSA) is 72.9 Å². The van der Waals surface area contributed by atoms with E-state index in [9.17, 15) is 14.4 Å². The Bertz CT molecular complexity index is 629. The second kappa shape index (κ2) is 6.02. The fourth-order valence-corrected chi connectivity index (χ4v) is 3.39. The lowest BCUT2D eigenvalue weighted by atomic mass is 9.93. The standard InChI is InChI=1S/C17H19NO5/c1-2-22-16(21)17-9-8-14(19)18(17)11-13(10-17)23-15(20)12-6-4-3-5-7-12/h3-7,13H,2,8-11H2,1H3/t13-,17+/m1/s1. The van der Waals surface area contributed by atoms with E-state index in [1.54, 1.807) is 31.2 Å². The maximum Gasteiger partial charge on any atom is 0.338 e. The lowest BCUT2D eigenvalue weighted by Gasteiger charge is -2.28. The number of amides is 1. The highest BCUT2D eigenvalue weighted by molar-refractivity contribution is 5.93. The third kappa shape index (κ3) is 2.69. The van der Waals surface area contributed by atoms with Gasteiger partial charge in [0.2, 0.25) is 5.91 Å². The van der Waals surface area contributed by atoms with Crippen molar-refractivity contribution < 1.29 is 23.9 Å². The van der Waals surface area contributed by atoms with Gasteiger partial charge in [-0.05, 0) is 25.5 Å². The Kier molecular flexibility index (Phi) is 4.07. The first-order chi connectivity index (χ1) is 11.1. The zero-order valence-electron chi connectivity index (χ0n) is 13.0. The molecule has 0 aromatic heterocycles. The molecule has 2 saturated heterocycles. The summed E-state index contributed by atoms with van der Waals surface area (Å²) in [6.45, 7) is 2.24. The van der Waals surface area contributed by atoms with Crippen molar-refractivity contribution in [3.05, 3.63) is 35.9 Å². The van der Waals surface area contributed by atoms with E-state index < -0.39 is 23.6 Å². The van der Waals surface area contributed by atoms with E-state index in [2.05, 4.69) is 0 Å². The molecule has 1 aromatic rings. The van der Waals surface area contributed by atoms with Crippen molar-refractivity contribution in [2.45, 2.75) is 37.8 Å². The van der Waals surface area contributed by atoms with E-state index in [1.807, 2.05) is 6.07 Å². The Morgan fingerprint density at radius 3 is 2.74 bits per heavy atom. The normalized spacial score (nSPS) is 26.0. The summed E-state index contributed by atoms with van der Waals surface area (Å²) in [5.74, 6) is -0.927. The van der Waals surface area contributed by atoms with Crippen LogP contribution in [0.3, 0.4) is 0 Å². The molecule has 2 aliphatic heterocycles. The van der Waals surface area contributed by atoms with E-state index in [0.29, 0.717) is 24.8 Å². The van der Waals surface area contributed by atoms with Crippen molar-refractivity contribution in [3.8, 4) is 0 Å². The molecule has 6 nitrogen and oxygen atoms in total. The number of hydrogen-bond acceptors (Lipinski definition) is 5. The Hall–Kier alpha value is -2.37. The number of carbonyl (C=O) groups excluding carboxylic acids is 3. The summed E-state index contributed by atoms with van der Waals surface area (Å²) in [6.07, 6.45) is 0.564. The average Bonchev–Trinajstić information content (AvgIpc) is 3.07. The van der Waals surface area contributed by atoms with Crippen LogP contribution in [0.15, 0.2) is 30.3 Å². The van der Waals surface area contributed by atoms with Crippen molar-refractivity contribution in [1.29, 1.82) is 0 Å². The fourth-order valence-electron chi connectivity index (χ4n) is 3.39. The number of carbonyl (C=O) groups is 3. The molecule has 2 fully saturated rings. The molecule has 1 amide bonds. The molecule has 3 rings (SSSR count). The first-order valence-electron chi connectivity index (χ1n) is 7.80.